The van der Waals surface area contributed by atoms with Crippen LogP contribution in [0.4, 0.5) is 4.79 Å². The van der Waals surface area contributed by atoms with Gasteiger partial charge in [-0.2, -0.15) is 0 Å². The standard InChI is InChI=1S/C23H34N2O3/c1-22(2,3)18-10-7-17(8-11-18)9-12-20(26)25-15-13-19(14-16-25)24-21(27)28-23(4,5)6/h7-12,19H,13-16H2,1-6H3,(H,24,27)/b12-9+. The Morgan fingerprint density at radius 3 is 2.11 bits per heavy atom. The monoisotopic (exact) mass is 386 g/mol. The lowest BCUT2D eigenvalue weighted by Gasteiger charge is -2.32. The van der Waals surface area contributed by atoms with E-state index in [1.165, 1.54) is 5.56 Å². The minimum Gasteiger partial charge on any atom is -0.444 e. The summed E-state index contributed by atoms with van der Waals surface area (Å²) in [5.74, 6) is 0.00983. The van der Waals surface area contributed by atoms with Gasteiger partial charge in [0.05, 0.1) is 0 Å². The fraction of sp³-hybridized carbons (Fsp3) is 0.565. The Morgan fingerprint density at radius 1 is 1.04 bits per heavy atom. The number of carbonyl (C=O) groups is 2. The molecule has 1 aliphatic rings. The van der Waals surface area contributed by atoms with Gasteiger partial charge in [-0.1, -0.05) is 45.0 Å². The maximum absolute atomic E-state index is 12.4. The molecular formula is C23H34N2O3. The summed E-state index contributed by atoms with van der Waals surface area (Å²) in [5, 5.41) is 2.89. The second-order valence-corrected chi connectivity index (χ2v) is 9.45. The highest BCUT2D eigenvalue weighted by atomic mass is 16.6. The van der Waals surface area contributed by atoms with Crippen molar-refractivity contribution in [2.75, 3.05) is 13.1 Å². The van der Waals surface area contributed by atoms with Gasteiger partial charge in [0.2, 0.25) is 5.91 Å². The van der Waals surface area contributed by atoms with E-state index in [-0.39, 0.29) is 17.4 Å². The Bertz CT molecular complexity index is 701. The topological polar surface area (TPSA) is 58.6 Å². The molecule has 5 nitrogen and oxygen atoms in total. The molecule has 0 radical (unpaired) electrons. The molecule has 0 atom stereocenters. The number of benzene rings is 1. The number of amides is 2. The molecule has 0 aromatic heterocycles. The first-order valence-corrected chi connectivity index (χ1v) is 10.0. The summed E-state index contributed by atoms with van der Waals surface area (Å²) >= 11 is 0. The Labute approximate surface area is 169 Å². The normalized spacial score (nSPS) is 16.3. The highest BCUT2D eigenvalue weighted by Gasteiger charge is 2.25. The molecule has 2 rings (SSSR count). The number of nitrogens with zero attached hydrogens (tertiary/aromatic N) is 1. The maximum atomic E-state index is 12.4. The Hall–Kier alpha value is -2.30. The molecule has 1 N–H and O–H groups in total. The van der Waals surface area contributed by atoms with Gasteiger partial charge in [-0.05, 0) is 56.2 Å². The second kappa shape index (κ2) is 8.80. The van der Waals surface area contributed by atoms with E-state index >= 15 is 0 Å². The van der Waals surface area contributed by atoms with E-state index in [0.717, 1.165) is 18.4 Å². The van der Waals surface area contributed by atoms with Crippen molar-refractivity contribution >= 4 is 18.1 Å². The van der Waals surface area contributed by atoms with Gasteiger partial charge in [0.15, 0.2) is 0 Å². The zero-order valence-electron chi connectivity index (χ0n) is 18.0. The SMILES string of the molecule is CC(C)(C)OC(=O)NC1CCN(C(=O)/C=C/c2ccc(C(C)(C)C)cc2)CC1. The van der Waals surface area contributed by atoms with Gasteiger partial charge >= 0.3 is 6.09 Å². The molecule has 2 amide bonds. The van der Waals surface area contributed by atoms with Crippen molar-refractivity contribution in [1.82, 2.24) is 10.2 Å². The van der Waals surface area contributed by atoms with Crippen molar-refractivity contribution in [1.29, 1.82) is 0 Å². The van der Waals surface area contributed by atoms with Crippen LogP contribution in [0.1, 0.15) is 65.5 Å². The summed E-state index contributed by atoms with van der Waals surface area (Å²) in [5.41, 5.74) is 1.91. The number of piperidine rings is 1. The van der Waals surface area contributed by atoms with E-state index < -0.39 is 11.7 Å². The molecule has 0 unspecified atom stereocenters. The third-order valence-corrected chi connectivity index (χ3v) is 4.72. The Morgan fingerprint density at radius 2 is 1.61 bits per heavy atom. The van der Waals surface area contributed by atoms with E-state index in [2.05, 4.69) is 38.2 Å². The molecule has 1 aliphatic heterocycles. The first kappa shape index (κ1) is 22.0. The molecular weight excluding hydrogens is 352 g/mol. The third-order valence-electron chi connectivity index (χ3n) is 4.72. The van der Waals surface area contributed by atoms with Crippen LogP contribution in [0.3, 0.4) is 0 Å². The molecule has 0 spiro atoms. The van der Waals surface area contributed by atoms with Crippen LogP contribution in [0, 0.1) is 0 Å². The van der Waals surface area contributed by atoms with Gasteiger partial charge in [0, 0.05) is 25.2 Å². The van der Waals surface area contributed by atoms with E-state index in [4.69, 9.17) is 4.74 Å². The van der Waals surface area contributed by atoms with Crippen molar-refractivity contribution in [3.8, 4) is 0 Å². The number of alkyl carbamates (subject to hydrolysis) is 1. The summed E-state index contributed by atoms with van der Waals surface area (Å²) < 4.78 is 5.29. The maximum Gasteiger partial charge on any atom is 0.407 e. The van der Waals surface area contributed by atoms with Crippen molar-refractivity contribution in [2.24, 2.45) is 0 Å². The van der Waals surface area contributed by atoms with Crippen LogP contribution in [-0.2, 0) is 14.9 Å². The van der Waals surface area contributed by atoms with Crippen LogP contribution in [0.15, 0.2) is 30.3 Å². The predicted molar refractivity (Wildman–Crippen MR) is 113 cm³/mol. The molecule has 0 aliphatic carbocycles. The first-order chi connectivity index (χ1) is 12.9. The molecule has 1 aromatic carbocycles. The van der Waals surface area contributed by atoms with Crippen LogP contribution >= 0.6 is 0 Å². The number of hydrogen-bond donors (Lipinski definition) is 1. The molecule has 154 valence electrons. The van der Waals surface area contributed by atoms with E-state index in [1.807, 2.05) is 43.9 Å². The van der Waals surface area contributed by atoms with Gasteiger partial charge in [0.25, 0.3) is 0 Å². The number of ether oxygens (including phenoxy) is 1. The van der Waals surface area contributed by atoms with E-state index in [1.54, 1.807) is 6.08 Å². The average Bonchev–Trinajstić information content (AvgIpc) is 2.58. The van der Waals surface area contributed by atoms with Gasteiger partial charge in [-0.15, -0.1) is 0 Å². The van der Waals surface area contributed by atoms with E-state index in [9.17, 15) is 9.59 Å². The number of rotatable bonds is 3. The lowest BCUT2D eigenvalue weighted by molar-refractivity contribution is -0.127. The minimum atomic E-state index is -0.503. The number of likely N-dealkylation sites (tertiary alicyclic amines) is 1. The lowest BCUT2D eigenvalue weighted by Crippen LogP contribution is -2.47. The van der Waals surface area contributed by atoms with Gasteiger partial charge < -0.3 is 15.0 Å². The number of nitrogens with one attached hydrogen (secondary N) is 1. The second-order valence-electron chi connectivity index (χ2n) is 9.45. The van der Waals surface area contributed by atoms with Crippen LogP contribution in [0.5, 0.6) is 0 Å². The smallest absolute Gasteiger partial charge is 0.407 e. The molecule has 1 heterocycles. The predicted octanol–water partition coefficient (Wildman–Crippen LogP) is 4.51. The first-order valence-electron chi connectivity index (χ1n) is 10.0. The van der Waals surface area contributed by atoms with Gasteiger partial charge in [-0.25, -0.2) is 4.79 Å². The summed E-state index contributed by atoms with van der Waals surface area (Å²) in [7, 11) is 0. The molecule has 0 bridgehead atoms. The molecule has 1 fully saturated rings. The fourth-order valence-corrected chi connectivity index (χ4v) is 3.09. The highest BCUT2D eigenvalue weighted by molar-refractivity contribution is 5.91. The summed E-state index contributed by atoms with van der Waals surface area (Å²) in [4.78, 5) is 26.1. The van der Waals surface area contributed by atoms with Crippen molar-refractivity contribution < 1.29 is 14.3 Å². The van der Waals surface area contributed by atoms with Gasteiger partial charge in [-0.3, -0.25) is 4.79 Å². The largest absolute Gasteiger partial charge is 0.444 e. The summed E-state index contributed by atoms with van der Waals surface area (Å²) in [6, 6.07) is 8.35. The van der Waals surface area contributed by atoms with Crippen molar-refractivity contribution in [3.05, 3.63) is 41.5 Å². The minimum absolute atomic E-state index is 0.00983. The Balaban J connectivity index is 1.82. The third kappa shape index (κ3) is 7.02. The van der Waals surface area contributed by atoms with Crippen molar-refractivity contribution in [2.45, 2.75) is 71.4 Å². The van der Waals surface area contributed by atoms with Crippen LogP contribution in [0.25, 0.3) is 6.08 Å². The lowest BCUT2D eigenvalue weighted by atomic mass is 9.87. The Kier molecular flexibility index (Phi) is 6.91. The summed E-state index contributed by atoms with van der Waals surface area (Å²) in [6.07, 6.45) is 4.57. The summed E-state index contributed by atoms with van der Waals surface area (Å²) in [6.45, 7) is 13.3. The zero-order valence-corrected chi connectivity index (χ0v) is 18.0. The highest BCUT2D eigenvalue weighted by Crippen LogP contribution is 2.22. The van der Waals surface area contributed by atoms with Crippen LogP contribution < -0.4 is 5.32 Å². The number of hydrogen-bond acceptors (Lipinski definition) is 3. The average molecular weight is 387 g/mol. The fourth-order valence-electron chi connectivity index (χ4n) is 3.09. The molecule has 5 heteroatoms. The van der Waals surface area contributed by atoms with Crippen molar-refractivity contribution in [3.63, 3.8) is 0 Å². The molecule has 28 heavy (non-hydrogen) atoms. The molecule has 1 saturated heterocycles. The van der Waals surface area contributed by atoms with Crippen LogP contribution in [0.2, 0.25) is 0 Å². The van der Waals surface area contributed by atoms with E-state index in [0.29, 0.717) is 13.1 Å². The molecule has 0 saturated carbocycles. The zero-order chi connectivity index (χ0) is 20.9. The molecule has 1 aromatic rings. The number of carbonyl (C=O) groups excluding carboxylic acids is 2. The van der Waals surface area contributed by atoms with Crippen LogP contribution in [-0.4, -0.2) is 41.6 Å². The van der Waals surface area contributed by atoms with Gasteiger partial charge in [0.1, 0.15) is 5.60 Å². The quantitative estimate of drug-likeness (QED) is 0.778.